The van der Waals surface area contributed by atoms with Crippen molar-refractivity contribution in [1.82, 2.24) is 5.32 Å². The van der Waals surface area contributed by atoms with Crippen LogP contribution in [-0.2, 0) is 4.74 Å². The first-order valence-electron chi connectivity index (χ1n) is 5.41. The number of nitrogens with one attached hydrogen (secondary N) is 1. The zero-order valence-electron chi connectivity index (χ0n) is 8.17. The fraction of sp³-hybridized carbons (Fsp3) is 1.00. The summed E-state index contributed by atoms with van der Waals surface area (Å²) in [7, 11) is 0. The molecular formula is C10H20N2O. The van der Waals surface area contributed by atoms with Crippen LogP contribution < -0.4 is 11.1 Å². The van der Waals surface area contributed by atoms with E-state index >= 15 is 0 Å². The maximum absolute atomic E-state index is 5.73. The lowest BCUT2D eigenvalue weighted by Gasteiger charge is -2.34. The first kappa shape index (κ1) is 9.44. The van der Waals surface area contributed by atoms with E-state index in [4.69, 9.17) is 10.5 Å². The second-order valence-electron chi connectivity index (χ2n) is 4.39. The van der Waals surface area contributed by atoms with Crippen LogP contribution in [0.5, 0.6) is 0 Å². The molecule has 13 heavy (non-hydrogen) atoms. The van der Waals surface area contributed by atoms with Gasteiger partial charge in [-0.3, -0.25) is 0 Å². The lowest BCUT2D eigenvalue weighted by Crippen LogP contribution is -2.44. The average Bonchev–Trinajstić information content (AvgIpc) is 2.12. The second-order valence-corrected chi connectivity index (χ2v) is 4.39. The first-order chi connectivity index (χ1) is 6.34. The molecule has 0 aromatic carbocycles. The number of rotatable bonds is 3. The molecule has 1 saturated carbocycles. The molecule has 2 rings (SSSR count). The van der Waals surface area contributed by atoms with Crippen molar-refractivity contribution in [2.45, 2.75) is 37.8 Å². The van der Waals surface area contributed by atoms with Gasteiger partial charge in [-0.2, -0.15) is 0 Å². The smallest absolute Gasteiger partial charge is 0.0480 e. The molecule has 76 valence electrons. The lowest BCUT2D eigenvalue weighted by atomic mass is 9.81. The van der Waals surface area contributed by atoms with Gasteiger partial charge in [0.15, 0.2) is 0 Å². The Morgan fingerprint density at radius 3 is 2.54 bits per heavy atom. The summed E-state index contributed by atoms with van der Waals surface area (Å²) < 4.78 is 5.30. The molecule has 0 aromatic heterocycles. The van der Waals surface area contributed by atoms with Gasteiger partial charge in [-0.1, -0.05) is 0 Å². The van der Waals surface area contributed by atoms with Crippen LogP contribution in [0, 0.1) is 5.92 Å². The monoisotopic (exact) mass is 184 g/mol. The van der Waals surface area contributed by atoms with Crippen LogP contribution in [0.25, 0.3) is 0 Å². The number of ether oxygens (including phenoxy) is 1. The molecule has 2 fully saturated rings. The Hall–Kier alpha value is -0.120. The summed E-state index contributed by atoms with van der Waals surface area (Å²) in [5.41, 5.74) is 5.73. The summed E-state index contributed by atoms with van der Waals surface area (Å²) in [4.78, 5) is 0. The van der Waals surface area contributed by atoms with Gasteiger partial charge in [0.2, 0.25) is 0 Å². The van der Waals surface area contributed by atoms with Crippen LogP contribution in [0.3, 0.4) is 0 Å². The predicted molar refractivity (Wildman–Crippen MR) is 52.5 cm³/mol. The molecule has 2 aliphatic rings. The van der Waals surface area contributed by atoms with E-state index in [-0.39, 0.29) is 0 Å². The van der Waals surface area contributed by atoms with Crippen molar-refractivity contribution in [2.75, 3.05) is 19.8 Å². The van der Waals surface area contributed by atoms with Crippen molar-refractivity contribution in [2.24, 2.45) is 11.7 Å². The molecule has 1 saturated heterocycles. The molecule has 3 nitrogen and oxygen atoms in total. The molecule has 0 spiro atoms. The maximum atomic E-state index is 5.73. The lowest BCUT2D eigenvalue weighted by molar-refractivity contribution is 0.0750. The van der Waals surface area contributed by atoms with Crippen molar-refractivity contribution in [3.05, 3.63) is 0 Å². The molecule has 3 heteroatoms. The molecule has 0 aromatic rings. The summed E-state index contributed by atoms with van der Waals surface area (Å²) >= 11 is 0. The van der Waals surface area contributed by atoms with Gasteiger partial charge in [0.1, 0.15) is 0 Å². The van der Waals surface area contributed by atoms with Gasteiger partial charge in [0, 0.05) is 25.3 Å². The highest BCUT2D eigenvalue weighted by molar-refractivity contribution is 4.84. The third-order valence-corrected chi connectivity index (χ3v) is 3.19. The Balaban J connectivity index is 1.56. The molecule has 0 radical (unpaired) electrons. The van der Waals surface area contributed by atoms with E-state index in [0.717, 1.165) is 19.1 Å². The minimum Gasteiger partial charge on any atom is -0.381 e. The minimum atomic E-state index is 0.487. The van der Waals surface area contributed by atoms with Crippen molar-refractivity contribution in [1.29, 1.82) is 0 Å². The Bertz CT molecular complexity index is 151. The van der Waals surface area contributed by atoms with E-state index in [0.29, 0.717) is 12.1 Å². The SMILES string of the molecule is NC1CC(CNC2CCOCC2)C1. The summed E-state index contributed by atoms with van der Waals surface area (Å²) in [6.07, 6.45) is 4.80. The van der Waals surface area contributed by atoms with E-state index in [2.05, 4.69) is 5.32 Å². The standard InChI is InChI=1S/C10H20N2O/c11-9-5-8(6-9)7-12-10-1-3-13-4-2-10/h8-10,12H,1-7,11H2. The molecule has 1 aliphatic carbocycles. The molecule has 3 N–H and O–H groups in total. The van der Waals surface area contributed by atoms with Crippen LogP contribution in [0.15, 0.2) is 0 Å². The van der Waals surface area contributed by atoms with Crippen LogP contribution in [0.4, 0.5) is 0 Å². The summed E-state index contributed by atoms with van der Waals surface area (Å²) in [5.74, 6) is 0.845. The molecule has 1 heterocycles. The first-order valence-corrected chi connectivity index (χ1v) is 5.41. The Kier molecular flexibility index (Phi) is 3.19. The van der Waals surface area contributed by atoms with E-state index < -0.39 is 0 Å². The number of hydrogen-bond donors (Lipinski definition) is 2. The van der Waals surface area contributed by atoms with Gasteiger partial charge in [-0.25, -0.2) is 0 Å². The zero-order valence-corrected chi connectivity index (χ0v) is 8.17. The molecule has 0 amide bonds. The van der Waals surface area contributed by atoms with E-state index in [9.17, 15) is 0 Å². The topological polar surface area (TPSA) is 47.3 Å². The zero-order chi connectivity index (χ0) is 9.10. The van der Waals surface area contributed by atoms with Crippen molar-refractivity contribution >= 4 is 0 Å². The van der Waals surface area contributed by atoms with E-state index in [1.165, 1.54) is 32.2 Å². The second kappa shape index (κ2) is 4.40. The van der Waals surface area contributed by atoms with Gasteiger partial charge in [0.25, 0.3) is 0 Å². The van der Waals surface area contributed by atoms with E-state index in [1.807, 2.05) is 0 Å². The van der Waals surface area contributed by atoms with Crippen LogP contribution in [0.1, 0.15) is 25.7 Å². The van der Waals surface area contributed by atoms with Crippen molar-refractivity contribution in [3.63, 3.8) is 0 Å². The molecule has 0 bridgehead atoms. The predicted octanol–water partition coefficient (Wildman–Crippen LogP) is 0.492. The molecule has 1 aliphatic heterocycles. The Labute approximate surface area is 80.0 Å². The summed E-state index contributed by atoms with van der Waals surface area (Å²) in [5, 5.41) is 3.61. The van der Waals surface area contributed by atoms with Crippen molar-refractivity contribution < 1.29 is 4.74 Å². The normalized spacial score (nSPS) is 35.8. The van der Waals surface area contributed by atoms with Crippen LogP contribution >= 0.6 is 0 Å². The molecule has 0 unspecified atom stereocenters. The van der Waals surface area contributed by atoms with E-state index in [1.54, 1.807) is 0 Å². The van der Waals surface area contributed by atoms with Crippen LogP contribution in [0.2, 0.25) is 0 Å². The fourth-order valence-corrected chi connectivity index (χ4v) is 2.19. The van der Waals surface area contributed by atoms with Crippen molar-refractivity contribution in [3.8, 4) is 0 Å². The molecular weight excluding hydrogens is 164 g/mol. The van der Waals surface area contributed by atoms with Gasteiger partial charge in [-0.05, 0) is 38.1 Å². The minimum absolute atomic E-state index is 0.487. The largest absolute Gasteiger partial charge is 0.381 e. The third-order valence-electron chi connectivity index (χ3n) is 3.19. The summed E-state index contributed by atoms with van der Waals surface area (Å²) in [6, 6.07) is 1.19. The van der Waals surface area contributed by atoms with Crippen LogP contribution in [-0.4, -0.2) is 31.8 Å². The van der Waals surface area contributed by atoms with Gasteiger partial charge in [-0.15, -0.1) is 0 Å². The highest BCUT2D eigenvalue weighted by atomic mass is 16.5. The highest BCUT2D eigenvalue weighted by Crippen LogP contribution is 2.24. The fourth-order valence-electron chi connectivity index (χ4n) is 2.19. The number of hydrogen-bond acceptors (Lipinski definition) is 3. The molecule has 0 atom stereocenters. The quantitative estimate of drug-likeness (QED) is 0.671. The average molecular weight is 184 g/mol. The maximum Gasteiger partial charge on any atom is 0.0480 e. The third kappa shape index (κ3) is 2.66. The summed E-state index contributed by atoms with van der Waals surface area (Å²) in [6.45, 7) is 3.03. The van der Waals surface area contributed by atoms with Gasteiger partial charge in [0.05, 0.1) is 0 Å². The Morgan fingerprint density at radius 2 is 1.92 bits per heavy atom. The van der Waals surface area contributed by atoms with Gasteiger partial charge < -0.3 is 15.8 Å². The highest BCUT2D eigenvalue weighted by Gasteiger charge is 2.26. The Morgan fingerprint density at radius 1 is 1.23 bits per heavy atom. The van der Waals surface area contributed by atoms with Gasteiger partial charge >= 0.3 is 0 Å². The number of nitrogens with two attached hydrogens (primary N) is 1.